The van der Waals surface area contributed by atoms with E-state index in [2.05, 4.69) is 6.92 Å². The Hall–Kier alpha value is -1.18. The molecule has 0 aliphatic rings. The Bertz CT molecular complexity index is 454. The molecule has 0 saturated carbocycles. The van der Waals surface area contributed by atoms with Gasteiger partial charge in [0.05, 0.1) is 6.61 Å². The first-order valence-corrected chi connectivity index (χ1v) is 13.2. The fraction of sp³-hybridized carbons (Fsp3) is 0.786. The van der Waals surface area contributed by atoms with Gasteiger partial charge in [-0.2, -0.15) is 0 Å². The van der Waals surface area contributed by atoms with Crippen molar-refractivity contribution in [2.75, 3.05) is 6.61 Å². The third kappa shape index (κ3) is 17.7. The van der Waals surface area contributed by atoms with Gasteiger partial charge in [-0.05, 0) is 30.7 Å². The molecule has 2 heteroatoms. The summed E-state index contributed by atoms with van der Waals surface area (Å²) in [4.78, 5) is 0. The summed E-state index contributed by atoms with van der Waals surface area (Å²) < 4.78 is 5.69. The van der Waals surface area contributed by atoms with Crippen LogP contribution in [0.1, 0.15) is 135 Å². The number of aromatic hydroxyl groups is 1. The molecule has 0 aliphatic heterocycles. The number of ether oxygens (including phenoxy) is 1. The van der Waals surface area contributed by atoms with Gasteiger partial charge in [0.25, 0.3) is 0 Å². The Kier molecular flexibility index (Phi) is 18.9. The van der Waals surface area contributed by atoms with E-state index in [0.29, 0.717) is 5.75 Å². The zero-order chi connectivity index (χ0) is 21.5. The van der Waals surface area contributed by atoms with Crippen LogP contribution in [0.3, 0.4) is 0 Å². The Morgan fingerprint density at radius 1 is 0.500 bits per heavy atom. The van der Waals surface area contributed by atoms with E-state index in [0.717, 1.165) is 18.8 Å². The Morgan fingerprint density at radius 3 is 1.20 bits per heavy atom. The summed E-state index contributed by atoms with van der Waals surface area (Å²) in [5, 5.41) is 9.25. The molecule has 0 saturated heterocycles. The molecule has 1 aromatic carbocycles. The van der Waals surface area contributed by atoms with Gasteiger partial charge in [0.2, 0.25) is 0 Å². The summed E-state index contributed by atoms with van der Waals surface area (Å²) in [7, 11) is 0. The average molecular weight is 419 g/mol. The molecule has 0 radical (unpaired) electrons. The van der Waals surface area contributed by atoms with Gasteiger partial charge in [-0.25, -0.2) is 0 Å². The third-order valence-corrected chi connectivity index (χ3v) is 6.10. The highest BCUT2D eigenvalue weighted by atomic mass is 16.5. The van der Waals surface area contributed by atoms with E-state index in [1.165, 1.54) is 122 Å². The smallest absolute Gasteiger partial charge is 0.119 e. The van der Waals surface area contributed by atoms with Crippen molar-refractivity contribution in [3.8, 4) is 11.5 Å². The van der Waals surface area contributed by atoms with Gasteiger partial charge in [0.15, 0.2) is 0 Å². The normalized spacial score (nSPS) is 11.1. The first kappa shape index (κ1) is 26.9. The third-order valence-electron chi connectivity index (χ3n) is 6.10. The maximum absolute atomic E-state index is 9.25. The zero-order valence-electron chi connectivity index (χ0n) is 20.0. The highest BCUT2D eigenvalue weighted by Crippen LogP contribution is 2.17. The summed E-state index contributed by atoms with van der Waals surface area (Å²) in [6, 6.07) is 7.00. The van der Waals surface area contributed by atoms with Crippen LogP contribution in [0.15, 0.2) is 24.3 Å². The summed E-state index contributed by atoms with van der Waals surface area (Å²) in [6.45, 7) is 3.07. The number of hydrogen-bond acceptors (Lipinski definition) is 2. The second-order valence-corrected chi connectivity index (χ2v) is 9.06. The molecule has 0 fully saturated rings. The average Bonchev–Trinajstić information content (AvgIpc) is 2.76. The molecule has 0 aromatic heterocycles. The number of unbranched alkanes of at least 4 members (excludes halogenated alkanes) is 19. The summed E-state index contributed by atoms with van der Waals surface area (Å²) in [5.41, 5.74) is 0. The van der Waals surface area contributed by atoms with Gasteiger partial charge < -0.3 is 9.84 Å². The van der Waals surface area contributed by atoms with Crippen LogP contribution in [0.2, 0.25) is 0 Å². The fourth-order valence-corrected chi connectivity index (χ4v) is 4.09. The van der Waals surface area contributed by atoms with Gasteiger partial charge in [-0.15, -0.1) is 0 Å². The minimum absolute atomic E-state index is 0.293. The molecule has 0 spiro atoms. The molecule has 0 heterocycles. The lowest BCUT2D eigenvalue weighted by atomic mass is 10.0. The molecule has 0 amide bonds. The standard InChI is InChI=1S/C28H50O2/c1-2-3-4-5-6-7-8-9-10-11-12-13-14-15-16-17-18-19-20-21-26-30-28-24-22-27(29)23-25-28/h22-25,29H,2-21,26H2,1H3. The quantitative estimate of drug-likeness (QED) is 0.190. The van der Waals surface area contributed by atoms with Gasteiger partial charge >= 0.3 is 0 Å². The molecule has 0 atom stereocenters. The zero-order valence-corrected chi connectivity index (χ0v) is 20.0. The molecule has 30 heavy (non-hydrogen) atoms. The number of phenolic OH excluding ortho intramolecular Hbond substituents is 1. The van der Waals surface area contributed by atoms with Crippen molar-refractivity contribution >= 4 is 0 Å². The van der Waals surface area contributed by atoms with Crippen LogP contribution in [0.4, 0.5) is 0 Å². The summed E-state index contributed by atoms with van der Waals surface area (Å²) in [6.07, 6.45) is 28.2. The van der Waals surface area contributed by atoms with Gasteiger partial charge in [0.1, 0.15) is 11.5 Å². The van der Waals surface area contributed by atoms with Crippen molar-refractivity contribution in [1.29, 1.82) is 0 Å². The maximum Gasteiger partial charge on any atom is 0.119 e. The Labute approximate surface area is 187 Å². The van der Waals surface area contributed by atoms with Crippen molar-refractivity contribution in [1.82, 2.24) is 0 Å². The first-order chi connectivity index (χ1) is 14.8. The molecule has 0 aliphatic carbocycles. The fourth-order valence-electron chi connectivity index (χ4n) is 4.09. The molecule has 2 nitrogen and oxygen atoms in total. The highest BCUT2D eigenvalue weighted by molar-refractivity contribution is 5.29. The Morgan fingerprint density at radius 2 is 0.833 bits per heavy atom. The maximum atomic E-state index is 9.25. The molecule has 0 bridgehead atoms. The van der Waals surface area contributed by atoms with E-state index < -0.39 is 0 Å². The van der Waals surface area contributed by atoms with Crippen molar-refractivity contribution in [3.63, 3.8) is 0 Å². The van der Waals surface area contributed by atoms with E-state index in [1.807, 2.05) is 12.1 Å². The van der Waals surface area contributed by atoms with Crippen molar-refractivity contribution in [3.05, 3.63) is 24.3 Å². The van der Waals surface area contributed by atoms with Crippen LogP contribution in [-0.2, 0) is 0 Å². The van der Waals surface area contributed by atoms with Gasteiger partial charge in [-0.3, -0.25) is 0 Å². The van der Waals surface area contributed by atoms with Crippen LogP contribution >= 0.6 is 0 Å². The van der Waals surface area contributed by atoms with Crippen LogP contribution < -0.4 is 4.74 Å². The lowest BCUT2D eigenvalue weighted by molar-refractivity contribution is 0.303. The first-order valence-electron chi connectivity index (χ1n) is 13.2. The monoisotopic (exact) mass is 418 g/mol. The highest BCUT2D eigenvalue weighted by Gasteiger charge is 1.97. The lowest BCUT2D eigenvalue weighted by Crippen LogP contribution is -1.96. The Balaban J connectivity index is 1.68. The van der Waals surface area contributed by atoms with Crippen LogP contribution in [0.5, 0.6) is 11.5 Å². The van der Waals surface area contributed by atoms with Crippen molar-refractivity contribution < 1.29 is 9.84 Å². The van der Waals surface area contributed by atoms with Gasteiger partial charge in [0, 0.05) is 0 Å². The van der Waals surface area contributed by atoms with Crippen molar-refractivity contribution in [2.24, 2.45) is 0 Å². The molecule has 1 rings (SSSR count). The second kappa shape index (κ2) is 21.1. The summed E-state index contributed by atoms with van der Waals surface area (Å²) >= 11 is 0. The lowest BCUT2D eigenvalue weighted by Gasteiger charge is -2.06. The predicted molar refractivity (Wildman–Crippen MR) is 132 cm³/mol. The number of benzene rings is 1. The minimum atomic E-state index is 0.293. The van der Waals surface area contributed by atoms with E-state index in [1.54, 1.807) is 12.1 Å². The number of hydrogen-bond donors (Lipinski definition) is 1. The molecule has 174 valence electrons. The SMILES string of the molecule is CCCCCCCCCCCCCCCCCCCCCCOc1ccc(O)cc1. The van der Waals surface area contributed by atoms with E-state index in [-0.39, 0.29) is 0 Å². The number of phenols is 1. The van der Waals surface area contributed by atoms with E-state index in [9.17, 15) is 5.11 Å². The van der Waals surface area contributed by atoms with Crippen LogP contribution in [0, 0.1) is 0 Å². The molecule has 1 N–H and O–H groups in total. The molecule has 1 aromatic rings. The predicted octanol–water partition coefficient (Wildman–Crippen LogP) is 9.59. The van der Waals surface area contributed by atoms with Crippen LogP contribution in [-0.4, -0.2) is 11.7 Å². The largest absolute Gasteiger partial charge is 0.508 e. The second-order valence-electron chi connectivity index (χ2n) is 9.06. The van der Waals surface area contributed by atoms with E-state index >= 15 is 0 Å². The van der Waals surface area contributed by atoms with Gasteiger partial charge in [-0.1, -0.05) is 129 Å². The number of rotatable bonds is 22. The summed E-state index contributed by atoms with van der Waals surface area (Å²) in [5.74, 6) is 1.15. The van der Waals surface area contributed by atoms with Crippen molar-refractivity contribution in [2.45, 2.75) is 135 Å². The minimum Gasteiger partial charge on any atom is -0.508 e. The topological polar surface area (TPSA) is 29.5 Å². The van der Waals surface area contributed by atoms with Crippen LogP contribution in [0.25, 0.3) is 0 Å². The molecular formula is C28H50O2. The molecular weight excluding hydrogens is 368 g/mol. The molecule has 0 unspecified atom stereocenters. The van der Waals surface area contributed by atoms with E-state index in [4.69, 9.17) is 4.74 Å².